The summed E-state index contributed by atoms with van der Waals surface area (Å²) >= 11 is 0. The average molecular weight is 455 g/mol. The predicted molar refractivity (Wildman–Crippen MR) is 122 cm³/mol. The van der Waals surface area contributed by atoms with E-state index in [2.05, 4.69) is 19.9 Å². The van der Waals surface area contributed by atoms with Gasteiger partial charge in [-0.25, -0.2) is 19.7 Å². The van der Waals surface area contributed by atoms with Crippen molar-refractivity contribution < 1.29 is 14.3 Å². The van der Waals surface area contributed by atoms with Crippen LogP contribution in [-0.2, 0) is 4.74 Å². The molecule has 33 heavy (non-hydrogen) atoms. The van der Waals surface area contributed by atoms with E-state index in [9.17, 15) is 4.79 Å². The van der Waals surface area contributed by atoms with Gasteiger partial charge in [-0.3, -0.25) is 0 Å². The average Bonchev–Trinajstić information content (AvgIpc) is 3.66. The van der Waals surface area contributed by atoms with Gasteiger partial charge in [0, 0.05) is 76.1 Å². The number of anilines is 2. The second-order valence-electron chi connectivity index (χ2n) is 8.92. The summed E-state index contributed by atoms with van der Waals surface area (Å²) in [5.74, 6) is 1.31. The Bertz CT molecular complexity index is 988. The van der Waals surface area contributed by atoms with Crippen LogP contribution in [0.4, 0.5) is 16.7 Å². The molecule has 0 bridgehead atoms. The molecule has 176 valence electrons. The Kier molecular flexibility index (Phi) is 5.88. The zero-order valence-electron chi connectivity index (χ0n) is 19.1. The topological polar surface area (TPSA) is 123 Å². The van der Waals surface area contributed by atoms with Gasteiger partial charge in [0.15, 0.2) is 0 Å². The lowest BCUT2D eigenvalue weighted by molar-refractivity contribution is 0.0339. The summed E-state index contributed by atoms with van der Waals surface area (Å²) in [7, 11) is 3.77. The molecule has 2 aliphatic carbocycles. The number of hydrogen-bond acceptors (Lipinski definition) is 9. The molecule has 11 nitrogen and oxygen atoms in total. The quantitative estimate of drug-likeness (QED) is 0.690. The molecule has 3 aliphatic rings. The molecule has 2 aromatic rings. The second-order valence-corrected chi connectivity index (χ2v) is 8.92. The van der Waals surface area contributed by atoms with E-state index < -0.39 is 0 Å². The van der Waals surface area contributed by atoms with Crippen molar-refractivity contribution in [2.24, 2.45) is 0 Å². The molecule has 3 heterocycles. The van der Waals surface area contributed by atoms with E-state index in [0.717, 1.165) is 31.2 Å². The van der Waals surface area contributed by atoms with Crippen LogP contribution in [0, 0.1) is 0 Å². The van der Waals surface area contributed by atoms with Crippen LogP contribution in [0.1, 0.15) is 25.7 Å². The first kappa shape index (κ1) is 21.6. The molecule has 2 N–H and O–H groups in total. The number of aromatic nitrogens is 4. The van der Waals surface area contributed by atoms with Crippen LogP contribution < -0.4 is 15.4 Å². The fourth-order valence-corrected chi connectivity index (χ4v) is 4.14. The highest BCUT2D eigenvalue weighted by molar-refractivity contribution is 5.75. The second kappa shape index (κ2) is 8.97. The number of carbonyl (C=O) groups excluding carboxylic acids is 1. The molecule has 0 atom stereocenters. The SMILES string of the molecule is CN(C(=O)N(C)[C@H]1C[C@H](Oc2cc(-c3cnc(N)nc3)nc(N3CCOCC3)n2)C1)C1CC1. The third kappa shape index (κ3) is 4.77. The number of nitrogens with two attached hydrogens (primary N) is 1. The highest BCUT2D eigenvalue weighted by Crippen LogP contribution is 2.33. The molecule has 1 aliphatic heterocycles. The molecule has 2 aromatic heterocycles. The summed E-state index contributed by atoms with van der Waals surface area (Å²) in [4.78, 5) is 36.0. The number of nitrogen functional groups attached to an aromatic ring is 1. The fraction of sp³-hybridized carbons (Fsp3) is 0.591. The summed E-state index contributed by atoms with van der Waals surface area (Å²) in [6.45, 7) is 2.70. The van der Waals surface area contributed by atoms with Crippen LogP contribution >= 0.6 is 0 Å². The van der Waals surface area contributed by atoms with E-state index >= 15 is 0 Å². The Balaban J connectivity index is 1.28. The normalized spacial score (nSPS) is 22.4. The number of carbonyl (C=O) groups is 1. The van der Waals surface area contributed by atoms with Gasteiger partial charge in [0.2, 0.25) is 17.8 Å². The molecule has 0 unspecified atom stereocenters. The fourth-order valence-electron chi connectivity index (χ4n) is 4.14. The maximum absolute atomic E-state index is 12.6. The Labute approximate surface area is 192 Å². The highest BCUT2D eigenvalue weighted by Gasteiger charge is 2.39. The van der Waals surface area contributed by atoms with Crippen molar-refractivity contribution in [3.05, 3.63) is 18.5 Å². The molecular weight excluding hydrogens is 424 g/mol. The van der Waals surface area contributed by atoms with Crippen molar-refractivity contribution in [2.45, 2.75) is 43.9 Å². The standard InChI is InChI=1S/C22H30N8O3/c1-28(15-3-4-15)22(31)29(2)16-9-17(10-16)33-19-11-18(14-12-24-20(23)25-13-14)26-21(27-19)30-5-7-32-8-6-30/h11-13,15-17H,3-10H2,1-2H3,(H2,23,24,25)/t16-,17-. The highest BCUT2D eigenvalue weighted by atomic mass is 16.5. The molecule has 2 amide bonds. The number of morpholine rings is 1. The maximum Gasteiger partial charge on any atom is 0.319 e. The van der Waals surface area contributed by atoms with Gasteiger partial charge in [0.05, 0.1) is 18.9 Å². The number of amides is 2. The first-order valence-electron chi connectivity index (χ1n) is 11.4. The number of hydrogen-bond donors (Lipinski definition) is 1. The van der Waals surface area contributed by atoms with Gasteiger partial charge in [-0.2, -0.15) is 4.98 Å². The van der Waals surface area contributed by atoms with Crippen LogP contribution in [0.3, 0.4) is 0 Å². The summed E-state index contributed by atoms with van der Waals surface area (Å²) in [6, 6.07) is 2.47. The van der Waals surface area contributed by atoms with E-state index in [1.54, 1.807) is 12.4 Å². The number of urea groups is 1. The molecule has 0 aromatic carbocycles. The van der Waals surface area contributed by atoms with Gasteiger partial charge in [-0.15, -0.1) is 0 Å². The van der Waals surface area contributed by atoms with Crippen molar-refractivity contribution in [1.29, 1.82) is 0 Å². The van der Waals surface area contributed by atoms with Crippen molar-refractivity contribution in [1.82, 2.24) is 29.7 Å². The minimum atomic E-state index is -0.000520. The molecule has 3 fully saturated rings. The minimum absolute atomic E-state index is 0.000520. The Hall–Kier alpha value is -3.21. The van der Waals surface area contributed by atoms with Crippen molar-refractivity contribution in [3.8, 4) is 17.1 Å². The minimum Gasteiger partial charge on any atom is -0.474 e. The van der Waals surface area contributed by atoms with Gasteiger partial charge in [-0.05, 0) is 12.8 Å². The number of ether oxygens (including phenoxy) is 2. The first-order valence-corrected chi connectivity index (χ1v) is 11.4. The lowest BCUT2D eigenvalue weighted by atomic mass is 9.88. The van der Waals surface area contributed by atoms with Crippen LogP contribution in [-0.4, -0.2) is 94.4 Å². The smallest absolute Gasteiger partial charge is 0.319 e. The van der Waals surface area contributed by atoms with Gasteiger partial charge in [0.1, 0.15) is 6.10 Å². The van der Waals surface area contributed by atoms with E-state index in [0.29, 0.717) is 49.9 Å². The zero-order valence-corrected chi connectivity index (χ0v) is 19.1. The van der Waals surface area contributed by atoms with E-state index in [-0.39, 0.29) is 24.1 Å². The zero-order chi connectivity index (χ0) is 22.9. The Morgan fingerprint density at radius 2 is 1.76 bits per heavy atom. The monoisotopic (exact) mass is 454 g/mol. The Morgan fingerprint density at radius 1 is 1.09 bits per heavy atom. The molecule has 2 saturated carbocycles. The molecule has 11 heteroatoms. The summed E-state index contributed by atoms with van der Waals surface area (Å²) in [5, 5.41) is 0. The first-order chi connectivity index (χ1) is 16.0. The maximum atomic E-state index is 12.6. The lowest BCUT2D eigenvalue weighted by Crippen LogP contribution is -2.53. The van der Waals surface area contributed by atoms with Gasteiger partial charge in [-0.1, -0.05) is 0 Å². The third-order valence-electron chi connectivity index (χ3n) is 6.56. The molecular formula is C22H30N8O3. The van der Waals surface area contributed by atoms with E-state index in [4.69, 9.17) is 20.2 Å². The predicted octanol–water partition coefficient (Wildman–Crippen LogP) is 1.41. The molecule has 5 rings (SSSR count). The summed E-state index contributed by atoms with van der Waals surface area (Å²) < 4.78 is 11.7. The van der Waals surface area contributed by atoms with E-state index in [1.165, 1.54) is 0 Å². The summed E-state index contributed by atoms with van der Waals surface area (Å²) in [5.41, 5.74) is 7.06. The van der Waals surface area contributed by atoms with Gasteiger partial charge in [0.25, 0.3) is 0 Å². The van der Waals surface area contributed by atoms with Crippen molar-refractivity contribution in [3.63, 3.8) is 0 Å². The van der Waals surface area contributed by atoms with Crippen LogP contribution in [0.2, 0.25) is 0 Å². The third-order valence-corrected chi connectivity index (χ3v) is 6.56. The van der Waals surface area contributed by atoms with Crippen LogP contribution in [0.15, 0.2) is 18.5 Å². The van der Waals surface area contributed by atoms with Crippen molar-refractivity contribution in [2.75, 3.05) is 51.0 Å². The largest absolute Gasteiger partial charge is 0.474 e. The summed E-state index contributed by atoms with van der Waals surface area (Å²) in [6.07, 6.45) is 7.05. The number of nitrogens with zero attached hydrogens (tertiary/aromatic N) is 7. The molecule has 1 saturated heterocycles. The van der Waals surface area contributed by atoms with E-state index in [1.807, 2.05) is 30.0 Å². The van der Waals surface area contributed by atoms with Gasteiger partial charge < -0.3 is 29.9 Å². The van der Waals surface area contributed by atoms with Crippen molar-refractivity contribution >= 4 is 17.9 Å². The van der Waals surface area contributed by atoms with Crippen LogP contribution in [0.25, 0.3) is 11.3 Å². The molecule has 0 spiro atoms. The van der Waals surface area contributed by atoms with Gasteiger partial charge >= 0.3 is 6.03 Å². The lowest BCUT2D eigenvalue weighted by Gasteiger charge is -2.41. The molecule has 0 radical (unpaired) electrons. The number of rotatable bonds is 6. The van der Waals surface area contributed by atoms with Crippen LogP contribution in [0.5, 0.6) is 5.88 Å². The Morgan fingerprint density at radius 3 is 2.42 bits per heavy atom.